The van der Waals surface area contributed by atoms with E-state index < -0.39 is 0 Å². The summed E-state index contributed by atoms with van der Waals surface area (Å²) in [5.41, 5.74) is 4.13. The number of piperidine rings is 1. The zero-order chi connectivity index (χ0) is 26.1. The van der Waals surface area contributed by atoms with Crippen molar-refractivity contribution in [3.63, 3.8) is 0 Å². The first-order valence-electron chi connectivity index (χ1n) is 16.4. The van der Waals surface area contributed by atoms with Gasteiger partial charge in [0.1, 0.15) is 0 Å². The Labute approximate surface area is 229 Å². The Morgan fingerprint density at radius 2 is 1.35 bits per heavy atom. The summed E-state index contributed by atoms with van der Waals surface area (Å²) in [5, 5.41) is 3.61. The molecule has 0 spiro atoms. The van der Waals surface area contributed by atoms with Crippen LogP contribution in [0.5, 0.6) is 0 Å². The van der Waals surface area contributed by atoms with Crippen LogP contribution in [0.1, 0.15) is 159 Å². The smallest absolute Gasteiger partial charge is 0.227 e. The van der Waals surface area contributed by atoms with Crippen molar-refractivity contribution in [2.75, 3.05) is 18.0 Å². The van der Waals surface area contributed by atoms with Gasteiger partial charge in [0.25, 0.3) is 0 Å². The van der Waals surface area contributed by atoms with Gasteiger partial charge >= 0.3 is 0 Å². The Kier molecular flexibility index (Phi) is 14.7. The fraction of sp³-hybridized carbons (Fsp3) is 0.794. The van der Waals surface area contributed by atoms with E-state index in [1.807, 2.05) is 0 Å². The molecule has 1 saturated heterocycles. The minimum absolute atomic E-state index is 0.366. The second-order valence-corrected chi connectivity index (χ2v) is 12.0. The molecule has 0 unspecified atom stereocenters. The molecule has 0 radical (unpaired) electrons. The molecule has 3 rings (SSSR count). The highest BCUT2D eigenvalue weighted by molar-refractivity contribution is 5.97. The Morgan fingerprint density at radius 1 is 0.784 bits per heavy atom. The molecule has 3 heteroatoms. The number of nitrogens with zero attached hydrogens (tertiary/aromatic N) is 1. The lowest BCUT2D eigenvalue weighted by atomic mass is 9.89. The fourth-order valence-corrected chi connectivity index (χ4v) is 6.59. The summed E-state index contributed by atoms with van der Waals surface area (Å²) in [6, 6.07) is 7.42. The minimum Gasteiger partial charge on any atom is -0.316 e. The SMILES string of the molecule is CCCCCCCCCCCC(=O)N1c2ccc(CCCCCCCCCCC)cc2[C@H]2CNCC[C@H]21. The zero-order valence-corrected chi connectivity index (χ0v) is 24.5. The molecule has 0 saturated carbocycles. The molecule has 37 heavy (non-hydrogen) atoms. The standard InChI is InChI=1S/C34H58N2O/c1-3-5-7-9-11-13-15-17-19-21-29-23-24-32-30(27-29)31-28-35-26-25-33(31)36(32)34(37)22-20-18-16-14-12-10-8-6-4-2/h23-24,27,31,33,35H,3-22,25-26,28H2,1-2H3/t31-,33-/m1/s1. The molecule has 3 nitrogen and oxygen atoms in total. The molecule has 1 N–H and O–H groups in total. The second-order valence-electron chi connectivity index (χ2n) is 12.0. The predicted octanol–water partition coefficient (Wildman–Crippen LogP) is 9.47. The van der Waals surface area contributed by atoms with E-state index in [2.05, 4.69) is 42.3 Å². The third-order valence-corrected chi connectivity index (χ3v) is 8.86. The summed E-state index contributed by atoms with van der Waals surface area (Å²) in [6.45, 7) is 6.61. The first kappa shape index (κ1) is 30.2. The van der Waals surface area contributed by atoms with Crippen molar-refractivity contribution in [2.24, 2.45) is 0 Å². The lowest BCUT2D eigenvalue weighted by Gasteiger charge is -2.32. The topological polar surface area (TPSA) is 32.3 Å². The molecule has 2 heterocycles. The minimum atomic E-state index is 0.366. The lowest BCUT2D eigenvalue weighted by Crippen LogP contribution is -2.46. The van der Waals surface area contributed by atoms with E-state index in [0.29, 0.717) is 24.3 Å². The van der Waals surface area contributed by atoms with Crippen molar-refractivity contribution in [3.05, 3.63) is 29.3 Å². The summed E-state index contributed by atoms with van der Waals surface area (Å²) in [5.74, 6) is 0.837. The van der Waals surface area contributed by atoms with Crippen LogP contribution in [0.25, 0.3) is 0 Å². The van der Waals surface area contributed by atoms with E-state index in [1.165, 1.54) is 132 Å². The molecule has 210 valence electrons. The van der Waals surface area contributed by atoms with E-state index >= 15 is 0 Å². The maximum absolute atomic E-state index is 13.4. The van der Waals surface area contributed by atoms with Gasteiger partial charge in [-0.1, -0.05) is 129 Å². The Bertz CT molecular complexity index is 760. The molecule has 0 aromatic heterocycles. The van der Waals surface area contributed by atoms with Gasteiger partial charge in [0.2, 0.25) is 5.91 Å². The van der Waals surface area contributed by atoms with Crippen molar-refractivity contribution in [1.29, 1.82) is 0 Å². The number of aryl methyl sites for hydroxylation is 1. The number of carbonyl (C=O) groups is 1. The number of carbonyl (C=O) groups excluding carboxylic acids is 1. The largest absolute Gasteiger partial charge is 0.316 e. The van der Waals surface area contributed by atoms with Crippen LogP contribution in [0.15, 0.2) is 18.2 Å². The highest BCUT2D eigenvalue weighted by atomic mass is 16.2. The van der Waals surface area contributed by atoms with Crippen LogP contribution in [-0.4, -0.2) is 25.0 Å². The predicted molar refractivity (Wildman–Crippen MR) is 161 cm³/mol. The maximum Gasteiger partial charge on any atom is 0.227 e. The van der Waals surface area contributed by atoms with Gasteiger partial charge in [0.15, 0.2) is 0 Å². The quantitative estimate of drug-likeness (QED) is 0.177. The van der Waals surface area contributed by atoms with Gasteiger partial charge in [-0.3, -0.25) is 4.79 Å². The number of hydrogen-bond donors (Lipinski definition) is 1. The number of amides is 1. The molecule has 1 fully saturated rings. The van der Waals surface area contributed by atoms with Gasteiger partial charge < -0.3 is 10.2 Å². The molecule has 2 aliphatic heterocycles. The zero-order valence-electron chi connectivity index (χ0n) is 24.5. The normalized spacial score (nSPS) is 18.7. The van der Waals surface area contributed by atoms with Crippen LogP contribution in [0.3, 0.4) is 0 Å². The first-order chi connectivity index (χ1) is 18.3. The summed E-state index contributed by atoms with van der Waals surface area (Å²) in [6.07, 6.45) is 27.1. The molecule has 0 bridgehead atoms. The number of unbranched alkanes of at least 4 members (excludes halogenated alkanes) is 16. The number of nitrogens with one attached hydrogen (secondary N) is 1. The lowest BCUT2D eigenvalue weighted by molar-refractivity contribution is -0.119. The molecule has 1 aromatic rings. The van der Waals surface area contributed by atoms with Crippen LogP contribution in [0, 0.1) is 0 Å². The van der Waals surface area contributed by atoms with Crippen molar-refractivity contribution in [3.8, 4) is 0 Å². The van der Waals surface area contributed by atoms with Crippen molar-refractivity contribution < 1.29 is 4.79 Å². The van der Waals surface area contributed by atoms with Gasteiger partial charge in [-0.15, -0.1) is 0 Å². The monoisotopic (exact) mass is 510 g/mol. The average molecular weight is 511 g/mol. The average Bonchev–Trinajstić information content (AvgIpc) is 3.25. The van der Waals surface area contributed by atoms with Crippen molar-refractivity contribution in [2.45, 2.75) is 161 Å². The summed E-state index contributed by atoms with van der Waals surface area (Å²) in [7, 11) is 0. The Hall–Kier alpha value is -1.35. The molecule has 2 atom stereocenters. The van der Waals surface area contributed by atoms with E-state index in [0.717, 1.165) is 25.9 Å². The van der Waals surface area contributed by atoms with Gasteiger partial charge in [0.05, 0.1) is 0 Å². The fourth-order valence-electron chi connectivity index (χ4n) is 6.59. The first-order valence-corrected chi connectivity index (χ1v) is 16.4. The molecule has 2 aliphatic rings. The molecule has 1 amide bonds. The van der Waals surface area contributed by atoms with Gasteiger partial charge in [-0.25, -0.2) is 0 Å². The third kappa shape index (κ3) is 10.0. The Morgan fingerprint density at radius 3 is 1.97 bits per heavy atom. The number of fused-ring (bicyclic) bond motifs is 3. The summed E-state index contributed by atoms with van der Waals surface area (Å²) < 4.78 is 0. The second kappa shape index (κ2) is 18.0. The van der Waals surface area contributed by atoms with Crippen molar-refractivity contribution >= 4 is 11.6 Å². The number of benzene rings is 1. The number of anilines is 1. The van der Waals surface area contributed by atoms with E-state index in [1.54, 1.807) is 0 Å². The third-order valence-electron chi connectivity index (χ3n) is 8.86. The van der Waals surface area contributed by atoms with E-state index in [-0.39, 0.29) is 0 Å². The molecular weight excluding hydrogens is 452 g/mol. The maximum atomic E-state index is 13.4. The van der Waals surface area contributed by atoms with Crippen LogP contribution < -0.4 is 10.2 Å². The van der Waals surface area contributed by atoms with Crippen LogP contribution in [0.2, 0.25) is 0 Å². The van der Waals surface area contributed by atoms with E-state index in [9.17, 15) is 4.79 Å². The van der Waals surface area contributed by atoms with Crippen molar-refractivity contribution in [1.82, 2.24) is 5.32 Å². The number of rotatable bonds is 20. The molecule has 1 aromatic carbocycles. The van der Waals surface area contributed by atoms with Gasteiger partial charge in [-0.2, -0.15) is 0 Å². The highest BCUT2D eigenvalue weighted by Gasteiger charge is 2.42. The van der Waals surface area contributed by atoms with Gasteiger partial charge in [0, 0.05) is 30.6 Å². The number of hydrogen-bond acceptors (Lipinski definition) is 2. The summed E-state index contributed by atoms with van der Waals surface area (Å²) in [4.78, 5) is 15.6. The molecular formula is C34H58N2O. The summed E-state index contributed by atoms with van der Waals surface area (Å²) >= 11 is 0. The Balaban J connectivity index is 1.42. The molecule has 0 aliphatic carbocycles. The van der Waals surface area contributed by atoms with Crippen LogP contribution >= 0.6 is 0 Å². The highest BCUT2D eigenvalue weighted by Crippen LogP contribution is 2.44. The van der Waals surface area contributed by atoms with Crippen LogP contribution in [-0.2, 0) is 11.2 Å². The van der Waals surface area contributed by atoms with Gasteiger partial charge in [-0.05, 0) is 49.4 Å². The van der Waals surface area contributed by atoms with Crippen LogP contribution in [0.4, 0.5) is 5.69 Å². The van der Waals surface area contributed by atoms with E-state index in [4.69, 9.17) is 0 Å².